The molecular formula is C10H11NO2S. The van der Waals surface area contributed by atoms with Crippen molar-refractivity contribution in [2.24, 2.45) is 5.92 Å². The van der Waals surface area contributed by atoms with Crippen molar-refractivity contribution < 1.29 is 8.42 Å². The highest BCUT2D eigenvalue weighted by Crippen LogP contribution is 2.48. The van der Waals surface area contributed by atoms with Gasteiger partial charge in [0.15, 0.2) is 9.84 Å². The summed E-state index contributed by atoms with van der Waals surface area (Å²) in [6.07, 6.45) is 3.83. The number of fused-ring (bicyclic) bond motifs is 3. The fraction of sp³-hybridized carbons (Fsp3) is 0.500. The molecule has 1 aromatic rings. The predicted molar refractivity (Wildman–Crippen MR) is 51.8 cm³/mol. The van der Waals surface area contributed by atoms with Gasteiger partial charge in [0.25, 0.3) is 0 Å². The van der Waals surface area contributed by atoms with Crippen molar-refractivity contribution in [1.29, 1.82) is 0 Å². The molecule has 2 atom stereocenters. The van der Waals surface area contributed by atoms with Gasteiger partial charge in [-0.2, -0.15) is 0 Å². The van der Waals surface area contributed by atoms with Crippen molar-refractivity contribution in [3.05, 3.63) is 24.0 Å². The summed E-state index contributed by atoms with van der Waals surface area (Å²) < 4.78 is 23.6. The van der Waals surface area contributed by atoms with E-state index in [-0.39, 0.29) is 0 Å². The minimum absolute atomic E-state index is 0.330. The summed E-state index contributed by atoms with van der Waals surface area (Å²) in [7, 11) is -3.04. The Morgan fingerprint density at radius 3 is 2.93 bits per heavy atom. The highest BCUT2D eigenvalue weighted by molar-refractivity contribution is 7.91. The Hall–Kier alpha value is -0.900. The van der Waals surface area contributed by atoms with Crippen LogP contribution in [0.5, 0.6) is 0 Å². The normalized spacial score (nSPS) is 32.6. The largest absolute Gasteiger partial charge is 0.260 e. The van der Waals surface area contributed by atoms with E-state index in [9.17, 15) is 8.42 Å². The second-order valence-corrected chi connectivity index (χ2v) is 6.11. The molecule has 0 saturated heterocycles. The van der Waals surface area contributed by atoms with E-state index in [0.29, 0.717) is 22.5 Å². The Kier molecular flexibility index (Phi) is 1.54. The minimum atomic E-state index is -3.04. The molecule has 4 heteroatoms. The third-order valence-corrected chi connectivity index (χ3v) is 5.22. The number of pyridine rings is 1. The monoisotopic (exact) mass is 209 g/mol. The van der Waals surface area contributed by atoms with Crippen LogP contribution < -0.4 is 0 Å². The first kappa shape index (κ1) is 8.41. The molecule has 1 fully saturated rings. The topological polar surface area (TPSA) is 47.0 Å². The number of hydrogen-bond donors (Lipinski definition) is 0. The summed E-state index contributed by atoms with van der Waals surface area (Å²) in [6.45, 7) is 0. The molecule has 0 amide bonds. The van der Waals surface area contributed by atoms with Crippen LogP contribution in [-0.2, 0) is 9.84 Å². The smallest absolute Gasteiger partial charge is 0.180 e. The molecule has 1 aliphatic carbocycles. The van der Waals surface area contributed by atoms with Crippen molar-refractivity contribution >= 4 is 9.84 Å². The molecule has 0 radical (unpaired) electrons. The summed E-state index contributed by atoms with van der Waals surface area (Å²) in [5.41, 5.74) is 0.815. The lowest BCUT2D eigenvalue weighted by Crippen LogP contribution is -2.36. The number of rotatable bonds is 0. The predicted octanol–water partition coefficient (Wildman–Crippen LogP) is 1.36. The first-order valence-electron chi connectivity index (χ1n) is 4.86. The maximum atomic E-state index is 11.8. The number of aromatic nitrogens is 1. The third kappa shape index (κ3) is 0.974. The maximum Gasteiger partial charge on any atom is 0.180 e. The van der Waals surface area contributed by atoms with Crippen LogP contribution in [0.3, 0.4) is 0 Å². The van der Waals surface area contributed by atoms with Crippen molar-refractivity contribution in [3.8, 4) is 0 Å². The molecule has 0 spiro atoms. The molecule has 1 aliphatic heterocycles. The van der Waals surface area contributed by atoms with Gasteiger partial charge in [-0.15, -0.1) is 0 Å². The van der Waals surface area contributed by atoms with Gasteiger partial charge in [-0.05, 0) is 30.9 Å². The van der Waals surface area contributed by atoms with Gasteiger partial charge < -0.3 is 0 Å². The Balaban J connectivity index is 2.25. The second kappa shape index (κ2) is 2.57. The summed E-state index contributed by atoms with van der Waals surface area (Å²) in [6, 6.07) is 3.39. The van der Waals surface area contributed by atoms with Gasteiger partial charge in [-0.25, -0.2) is 8.42 Å². The fourth-order valence-electron chi connectivity index (χ4n) is 2.44. The lowest BCUT2D eigenvalue weighted by atomic mass is 9.72. The van der Waals surface area contributed by atoms with E-state index in [1.165, 1.54) is 0 Å². The van der Waals surface area contributed by atoms with Gasteiger partial charge >= 0.3 is 0 Å². The Morgan fingerprint density at radius 1 is 1.36 bits per heavy atom. The van der Waals surface area contributed by atoms with Crippen LogP contribution in [0.2, 0.25) is 0 Å². The van der Waals surface area contributed by atoms with Crippen LogP contribution in [0.25, 0.3) is 0 Å². The zero-order valence-corrected chi connectivity index (χ0v) is 8.50. The van der Waals surface area contributed by atoms with Gasteiger partial charge in [0.05, 0.1) is 16.3 Å². The lowest BCUT2D eigenvalue weighted by molar-refractivity contribution is 0.265. The Bertz CT molecular complexity index is 481. The molecule has 2 aliphatic rings. The number of sulfone groups is 1. The van der Waals surface area contributed by atoms with Crippen LogP contribution in [-0.4, -0.2) is 19.2 Å². The minimum Gasteiger partial charge on any atom is -0.260 e. The van der Waals surface area contributed by atoms with E-state index in [2.05, 4.69) is 4.98 Å². The van der Waals surface area contributed by atoms with Crippen LogP contribution in [0.4, 0.5) is 0 Å². The fourth-order valence-corrected chi connectivity index (χ4v) is 4.40. The quantitative estimate of drug-likeness (QED) is 0.648. The van der Waals surface area contributed by atoms with Crippen LogP contribution in [0.1, 0.15) is 24.5 Å². The molecular weight excluding hydrogens is 198 g/mol. The average Bonchev–Trinajstić information content (AvgIpc) is 2.12. The zero-order valence-electron chi connectivity index (χ0n) is 7.68. The number of hydrogen-bond acceptors (Lipinski definition) is 3. The van der Waals surface area contributed by atoms with E-state index in [4.69, 9.17) is 0 Å². The summed E-state index contributed by atoms with van der Waals surface area (Å²) >= 11 is 0. The molecule has 3 nitrogen and oxygen atoms in total. The molecule has 74 valence electrons. The van der Waals surface area contributed by atoms with Gasteiger partial charge in [-0.1, -0.05) is 0 Å². The Morgan fingerprint density at radius 2 is 2.21 bits per heavy atom. The zero-order chi connectivity index (χ0) is 9.76. The van der Waals surface area contributed by atoms with E-state index in [1.807, 2.05) is 0 Å². The molecule has 1 aromatic heterocycles. The van der Waals surface area contributed by atoms with E-state index >= 15 is 0 Å². The number of nitrogens with zero attached hydrogens (tertiary/aromatic N) is 1. The van der Waals surface area contributed by atoms with E-state index in [1.54, 1.807) is 18.3 Å². The van der Waals surface area contributed by atoms with Gasteiger partial charge in [0.1, 0.15) is 0 Å². The van der Waals surface area contributed by atoms with Gasteiger partial charge in [0, 0.05) is 12.1 Å². The summed E-state index contributed by atoms with van der Waals surface area (Å²) in [5.74, 6) is 1.08. The Labute approximate surface area is 83.1 Å². The molecule has 1 unspecified atom stereocenters. The average molecular weight is 209 g/mol. The standard InChI is InChI=1S/C10H11NO2S/c12-14(13)6-7-3-4-8(7)10-9(14)2-1-5-11-10/h1-2,5,7-8H,3-4,6H2/t7?,8-/m1/s1. The molecule has 0 N–H and O–H groups in total. The summed E-state index contributed by atoms with van der Waals surface area (Å²) in [4.78, 5) is 4.69. The van der Waals surface area contributed by atoms with E-state index in [0.717, 1.165) is 18.5 Å². The molecule has 2 heterocycles. The first-order valence-corrected chi connectivity index (χ1v) is 6.51. The summed E-state index contributed by atoms with van der Waals surface area (Å²) in [5, 5.41) is 0. The van der Waals surface area contributed by atoms with Crippen molar-refractivity contribution in [3.63, 3.8) is 0 Å². The highest BCUT2D eigenvalue weighted by Gasteiger charge is 2.43. The lowest BCUT2D eigenvalue weighted by Gasteiger charge is -2.40. The molecule has 1 saturated carbocycles. The van der Waals surface area contributed by atoms with Crippen molar-refractivity contribution in [2.75, 3.05) is 5.75 Å². The molecule has 0 bridgehead atoms. The van der Waals surface area contributed by atoms with Gasteiger partial charge in [0.2, 0.25) is 0 Å². The SMILES string of the molecule is O=S1(=O)CC2CC[C@H]2c2ncccc21. The van der Waals surface area contributed by atoms with E-state index < -0.39 is 9.84 Å². The molecule has 14 heavy (non-hydrogen) atoms. The first-order chi connectivity index (χ1) is 6.68. The van der Waals surface area contributed by atoms with Crippen LogP contribution >= 0.6 is 0 Å². The van der Waals surface area contributed by atoms with Crippen LogP contribution in [0.15, 0.2) is 23.2 Å². The second-order valence-electron chi connectivity index (χ2n) is 4.11. The van der Waals surface area contributed by atoms with Crippen LogP contribution in [0, 0.1) is 5.92 Å². The highest BCUT2D eigenvalue weighted by atomic mass is 32.2. The molecule has 3 rings (SSSR count). The third-order valence-electron chi connectivity index (χ3n) is 3.34. The molecule has 0 aromatic carbocycles. The maximum absolute atomic E-state index is 11.8. The van der Waals surface area contributed by atoms with Gasteiger partial charge in [-0.3, -0.25) is 4.98 Å². The van der Waals surface area contributed by atoms with Crippen molar-refractivity contribution in [1.82, 2.24) is 4.98 Å². The van der Waals surface area contributed by atoms with Crippen molar-refractivity contribution in [2.45, 2.75) is 23.7 Å².